The van der Waals surface area contributed by atoms with E-state index in [1.165, 1.54) is 0 Å². The number of amides is 2. The van der Waals surface area contributed by atoms with Crippen LogP contribution in [0.15, 0.2) is 48.5 Å². The van der Waals surface area contributed by atoms with Gasteiger partial charge < -0.3 is 15.0 Å². The van der Waals surface area contributed by atoms with Gasteiger partial charge in [-0.1, -0.05) is 6.07 Å². The van der Waals surface area contributed by atoms with E-state index in [1.54, 1.807) is 54.5 Å². The Kier molecular flexibility index (Phi) is 5.95. The number of anilines is 1. The minimum absolute atomic E-state index is 0.0280. The predicted octanol–water partition coefficient (Wildman–Crippen LogP) is 3.43. The van der Waals surface area contributed by atoms with Crippen LogP contribution < -0.4 is 10.1 Å². The number of benzene rings is 2. The van der Waals surface area contributed by atoms with Gasteiger partial charge >= 0.3 is 0 Å². The molecule has 2 aromatic carbocycles. The summed E-state index contributed by atoms with van der Waals surface area (Å²) in [6.45, 7) is 5.20. The highest BCUT2D eigenvalue weighted by atomic mass is 16.5. The molecule has 0 spiro atoms. The lowest BCUT2D eigenvalue weighted by molar-refractivity contribution is 0.0772. The van der Waals surface area contributed by atoms with E-state index < -0.39 is 0 Å². The molecule has 0 aliphatic heterocycles. The van der Waals surface area contributed by atoms with Crippen molar-refractivity contribution in [1.29, 1.82) is 0 Å². The molecule has 0 fully saturated rings. The molecule has 5 heteroatoms. The van der Waals surface area contributed by atoms with Gasteiger partial charge in [-0.3, -0.25) is 9.59 Å². The van der Waals surface area contributed by atoms with Crippen molar-refractivity contribution in [2.24, 2.45) is 0 Å². The molecule has 0 bridgehead atoms. The van der Waals surface area contributed by atoms with Crippen molar-refractivity contribution in [2.75, 3.05) is 25.5 Å². The number of hydrogen-bond acceptors (Lipinski definition) is 3. The quantitative estimate of drug-likeness (QED) is 0.885. The first-order valence-electron chi connectivity index (χ1n) is 7.93. The fourth-order valence-corrected chi connectivity index (χ4v) is 2.36. The Morgan fingerprint density at radius 2 is 1.62 bits per heavy atom. The number of nitrogens with one attached hydrogen (secondary N) is 1. The van der Waals surface area contributed by atoms with Crippen molar-refractivity contribution in [3.05, 3.63) is 59.7 Å². The van der Waals surface area contributed by atoms with E-state index in [2.05, 4.69) is 5.32 Å². The summed E-state index contributed by atoms with van der Waals surface area (Å²) in [6, 6.07) is 13.8. The lowest BCUT2D eigenvalue weighted by Gasteiger charge is -2.18. The molecule has 0 heterocycles. The molecule has 2 aromatic rings. The molecule has 2 rings (SSSR count). The summed E-state index contributed by atoms with van der Waals surface area (Å²) in [5.74, 6) is 0.415. The Bertz CT molecular complexity index is 707. The monoisotopic (exact) mass is 326 g/mol. The molecule has 0 aliphatic carbocycles. The van der Waals surface area contributed by atoms with E-state index >= 15 is 0 Å². The van der Waals surface area contributed by atoms with Crippen LogP contribution in [0.3, 0.4) is 0 Å². The average molecular weight is 326 g/mol. The standard InChI is InChI=1S/C19H22N2O3/c1-4-21(5-2)19(23)15-11-9-14(10-12-15)18(22)20-16-7-6-8-17(13-16)24-3/h6-13H,4-5H2,1-3H3,(H,20,22). The molecule has 0 saturated heterocycles. The smallest absolute Gasteiger partial charge is 0.255 e. The van der Waals surface area contributed by atoms with E-state index in [4.69, 9.17) is 4.74 Å². The summed E-state index contributed by atoms with van der Waals surface area (Å²) in [5.41, 5.74) is 1.73. The van der Waals surface area contributed by atoms with Crippen LogP contribution in [0.1, 0.15) is 34.6 Å². The van der Waals surface area contributed by atoms with Gasteiger partial charge in [-0.05, 0) is 50.2 Å². The fourth-order valence-electron chi connectivity index (χ4n) is 2.36. The normalized spacial score (nSPS) is 10.1. The maximum Gasteiger partial charge on any atom is 0.255 e. The summed E-state index contributed by atoms with van der Waals surface area (Å²) in [5, 5.41) is 2.81. The molecule has 0 saturated carbocycles. The predicted molar refractivity (Wildman–Crippen MR) is 94.6 cm³/mol. The van der Waals surface area contributed by atoms with Gasteiger partial charge in [0.25, 0.3) is 11.8 Å². The second kappa shape index (κ2) is 8.15. The topological polar surface area (TPSA) is 58.6 Å². The summed E-state index contributed by atoms with van der Waals surface area (Å²) in [7, 11) is 1.58. The Morgan fingerprint density at radius 1 is 1.00 bits per heavy atom. The largest absolute Gasteiger partial charge is 0.497 e. The third-order valence-electron chi connectivity index (χ3n) is 3.77. The second-order valence-electron chi connectivity index (χ2n) is 5.24. The highest BCUT2D eigenvalue weighted by Crippen LogP contribution is 2.18. The molecule has 2 amide bonds. The SMILES string of the molecule is CCN(CC)C(=O)c1ccc(C(=O)Nc2cccc(OC)c2)cc1. The molecule has 126 valence electrons. The van der Waals surface area contributed by atoms with Crippen molar-refractivity contribution in [3.63, 3.8) is 0 Å². The number of methoxy groups -OCH3 is 1. The average Bonchev–Trinajstić information content (AvgIpc) is 2.63. The van der Waals surface area contributed by atoms with E-state index in [9.17, 15) is 9.59 Å². The van der Waals surface area contributed by atoms with E-state index in [-0.39, 0.29) is 11.8 Å². The molecule has 0 atom stereocenters. The molecule has 5 nitrogen and oxygen atoms in total. The van der Waals surface area contributed by atoms with E-state index in [0.29, 0.717) is 35.7 Å². The van der Waals surface area contributed by atoms with Crippen LogP contribution in [0.4, 0.5) is 5.69 Å². The molecular formula is C19H22N2O3. The minimum atomic E-state index is -0.231. The Morgan fingerprint density at radius 3 is 2.21 bits per heavy atom. The number of nitrogens with zero attached hydrogens (tertiary/aromatic N) is 1. The van der Waals surface area contributed by atoms with Gasteiger partial charge in [0.2, 0.25) is 0 Å². The van der Waals surface area contributed by atoms with Crippen LogP contribution in [0.5, 0.6) is 5.75 Å². The summed E-state index contributed by atoms with van der Waals surface area (Å²) < 4.78 is 5.13. The summed E-state index contributed by atoms with van der Waals surface area (Å²) in [6.07, 6.45) is 0. The molecular weight excluding hydrogens is 304 g/mol. The molecule has 24 heavy (non-hydrogen) atoms. The van der Waals surface area contributed by atoms with Gasteiger partial charge in [-0.2, -0.15) is 0 Å². The van der Waals surface area contributed by atoms with Crippen molar-refractivity contribution in [2.45, 2.75) is 13.8 Å². The van der Waals surface area contributed by atoms with E-state index in [0.717, 1.165) is 0 Å². The van der Waals surface area contributed by atoms with Crippen LogP contribution in [-0.2, 0) is 0 Å². The van der Waals surface area contributed by atoms with Crippen LogP contribution in [0.2, 0.25) is 0 Å². The maximum absolute atomic E-state index is 12.3. The van der Waals surface area contributed by atoms with E-state index in [1.807, 2.05) is 19.9 Å². The lowest BCUT2D eigenvalue weighted by Crippen LogP contribution is -2.30. The van der Waals surface area contributed by atoms with Gasteiger partial charge in [-0.25, -0.2) is 0 Å². The Hall–Kier alpha value is -2.82. The lowest BCUT2D eigenvalue weighted by atomic mass is 10.1. The molecule has 0 unspecified atom stereocenters. The zero-order valence-corrected chi connectivity index (χ0v) is 14.2. The van der Waals surface area contributed by atoms with Gasteiger partial charge in [0.05, 0.1) is 7.11 Å². The second-order valence-corrected chi connectivity index (χ2v) is 5.24. The van der Waals surface area contributed by atoms with Gasteiger partial charge in [0.1, 0.15) is 5.75 Å². The molecule has 0 radical (unpaired) electrons. The zero-order valence-electron chi connectivity index (χ0n) is 14.2. The van der Waals surface area contributed by atoms with Crippen LogP contribution in [0.25, 0.3) is 0 Å². The minimum Gasteiger partial charge on any atom is -0.497 e. The molecule has 0 aliphatic rings. The number of carbonyl (C=O) groups is 2. The van der Waals surface area contributed by atoms with Crippen molar-refractivity contribution in [3.8, 4) is 5.75 Å². The highest BCUT2D eigenvalue weighted by Gasteiger charge is 2.13. The van der Waals surface area contributed by atoms with Gasteiger partial charge in [0.15, 0.2) is 0 Å². The summed E-state index contributed by atoms with van der Waals surface area (Å²) >= 11 is 0. The molecule has 1 N–H and O–H groups in total. The number of carbonyl (C=O) groups excluding carboxylic acids is 2. The maximum atomic E-state index is 12.3. The van der Waals surface area contributed by atoms with Crippen molar-refractivity contribution < 1.29 is 14.3 Å². The first kappa shape index (κ1) is 17.5. The third kappa shape index (κ3) is 4.13. The van der Waals surface area contributed by atoms with Crippen LogP contribution in [0, 0.1) is 0 Å². The first-order chi connectivity index (χ1) is 11.6. The third-order valence-corrected chi connectivity index (χ3v) is 3.77. The van der Waals surface area contributed by atoms with Gasteiger partial charge in [-0.15, -0.1) is 0 Å². The summed E-state index contributed by atoms with van der Waals surface area (Å²) in [4.78, 5) is 26.3. The van der Waals surface area contributed by atoms with Crippen LogP contribution >= 0.6 is 0 Å². The van der Waals surface area contributed by atoms with Crippen LogP contribution in [-0.4, -0.2) is 36.9 Å². The fraction of sp³-hybridized carbons (Fsp3) is 0.263. The highest BCUT2D eigenvalue weighted by molar-refractivity contribution is 6.05. The Balaban J connectivity index is 2.09. The number of hydrogen-bond donors (Lipinski definition) is 1. The number of rotatable bonds is 6. The van der Waals surface area contributed by atoms with Crippen molar-refractivity contribution in [1.82, 2.24) is 4.90 Å². The zero-order chi connectivity index (χ0) is 17.5. The van der Waals surface area contributed by atoms with Crippen molar-refractivity contribution >= 4 is 17.5 Å². The van der Waals surface area contributed by atoms with Gasteiger partial charge in [0, 0.05) is 36.0 Å². The molecule has 0 aromatic heterocycles. The first-order valence-corrected chi connectivity index (χ1v) is 7.93. The Labute approximate surface area is 142 Å². The number of ether oxygens (including phenoxy) is 1.